The summed E-state index contributed by atoms with van der Waals surface area (Å²) < 4.78 is 0. The molecule has 20 heavy (non-hydrogen) atoms. The van der Waals surface area contributed by atoms with Gasteiger partial charge in [0, 0.05) is 29.9 Å². The van der Waals surface area contributed by atoms with Gasteiger partial charge in [-0.05, 0) is 25.8 Å². The quantitative estimate of drug-likeness (QED) is 0.927. The van der Waals surface area contributed by atoms with E-state index >= 15 is 0 Å². The summed E-state index contributed by atoms with van der Waals surface area (Å²) in [6, 6.07) is 8.80. The number of likely N-dealkylation sites (tertiary alicyclic amines) is 1. The lowest BCUT2D eigenvalue weighted by Crippen LogP contribution is -2.39. The Morgan fingerprint density at radius 3 is 2.85 bits per heavy atom. The van der Waals surface area contributed by atoms with E-state index in [4.69, 9.17) is 0 Å². The fraction of sp³-hybridized carbons (Fsp3) is 0.500. The van der Waals surface area contributed by atoms with Crippen LogP contribution in [0.1, 0.15) is 26.2 Å². The predicted octanol–water partition coefficient (Wildman–Crippen LogP) is 2.92. The van der Waals surface area contributed by atoms with Gasteiger partial charge in [-0.2, -0.15) is 5.10 Å². The predicted molar refractivity (Wildman–Crippen MR) is 82.9 cm³/mol. The van der Waals surface area contributed by atoms with Gasteiger partial charge in [-0.1, -0.05) is 31.2 Å². The zero-order valence-corrected chi connectivity index (χ0v) is 12.0. The molecule has 0 unspecified atom stereocenters. The van der Waals surface area contributed by atoms with Gasteiger partial charge in [0.15, 0.2) is 5.82 Å². The van der Waals surface area contributed by atoms with Gasteiger partial charge in [-0.15, -0.1) is 5.10 Å². The maximum Gasteiger partial charge on any atom is 0.156 e. The van der Waals surface area contributed by atoms with Crippen LogP contribution in [0.4, 0.5) is 5.82 Å². The largest absolute Gasteiger partial charge is 0.365 e. The summed E-state index contributed by atoms with van der Waals surface area (Å²) in [6.07, 6.45) is 5.44. The van der Waals surface area contributed by atoms with Crippen LogP contribution in [0.15, 0.2) is 30.5 Å². The molecule has 1 saturated heterocycles. The van der Waals surface area contributed by atoms with Gasteiger partial charge in [-0.25, -0.2) is 0 Å². The molecule has 0 amide bonds. The Bertz CT molecular complexity index is 556. The van der Waals surface area contributed by atoms with Crippen molar-refractivity contribution >= 4 is 16.6 Å². The molecular formula is C16H22N4. The lowest BCUT2D eigenvalue weighted by Gasteiger charge is -2.32. The van der Waals surface area contributed by atoms with Crippen molar-refractivity contribution in [3.63, 3.8) is 0 Å². The highest BCUT2D eigenvalue weighted by atomic mass is 15.2. The zero-order chi connectivity index (χ0) is 13.8. The normalized spacial score (nSPS) is 17.4. The molecule has 2 heterocycles. The number of rotatable bonds is 4. The SMILES string of the molecule is CCCN1CCC(Nc2nncc3ccccc23)CC1. The smallest absolute Gasteiger partial charge is 0.156 e. The summed E-state index contributed by atoms with van der Waals surface area (Å²) in [5, 5.41) is 14.3. The van der Waals surface area contributed by atoms with Crippen molar-refractivity contribution in [1.82, 2.24) is 15.1 Å². The molecule has 0 radical (unpaired) electrons. The number of benzene rings is 1. The van der Waals surface area contributed by atoms with Gasteiger partial charge in [-0.3, -0.25) is 0 Å². The Labute approximate surface area is 120 Å². The molecule has 2 aromatic rings. The van der Waals surface area contributed by atoms with Gasteiger partial charge in [0.05, 0.1) is 6.20 Å². The first-order chi connectivity index (χ1) is 9.86. The average Bonchev–Trinajstić information content (AvgIpc) is 2.50. The van der Waals surface area contributed by atoms with E-state index < -0.39 is 0 Å². The Balaban J connectivity index is 1.68. The maximum atomic E-state index is 4.28. The van der Waals surface area contributed by atoms with Crippen LogP contribution in [-0.4, -0.2) is 40.8 Å². The number of nitrogens with zero attached hydrogens (tertiary/aromatic N) is 3. The molecule has 0 atom stereocenters. The van der Waals surface area contributed by atoms with Crippen LogP contribution >= 0.6 is 0 Å². The molecule has 0 aliphatic carbocycles. The van der Waals surface area contributed by atoms with Crippen molar-refractivity contribution in [3.8, 4) is 0 Å². The van der Waals surface area contributed by atoms with Crippen LogP contribution in [0.2, 0.25) is 0 Å². The lowest BCUT2D eigenvalue weighted by molar-refractivity contribution is 0.219. The second-order valence-corrected chi connectivity index (χ2v) is 5.54. The molecular weight excluding hydrogens is 248 g/mol. The molecule has 4 nitrogen and oxygen atoms in total. The van der Waals surface area contributed by atoms with Gasteiger partial charge in [0.25, 0.3) is 0 Å². The maximum absolute atomic E-state index is 4.28. The molecule has 1 aromatic heterocycles. The van der Waals surface area contributed by atoms with Crippen LogP contribution < -0.4 is 5.32 Å². The average molecular weight is 270 g/mol. The van der Waals surface area contributed by atoms with E-state index in [9.17, 15) is 0 Å². The lowest BCUT2D eigenvalue weighted by atomic mass is 10.0. The molecule has 4 heteroatoms. The first-order valence-electron chi connectivity index (χ1n) is 7.56. The topological polar surface area (TPSA) is 41.0 Å². The first-order valence-corrected chi connectivity index (χ1v) is 7.56. The molecule has 0 saturated carbocycles. The zero-order valence-electron chi connectivity index (χ0n) is 12.0. The second kappa shape index (κ2) is 6.18. The Morgan fingerprint density at radius 2 is 2.05 bits per heavy atom. The van der Waals surface area contributed by atoms with Crippen molar-refractivity contribution < 1.29 is 0 Å². The number of fused-ring (bicyclic) bond motifs is 1. The summed E-state index contributed by atoms with van der Waals surface area (Å²) in [7, 11) is 0. The van der Waals surface area contributed by atoms with E-state index in [0.717, 1.165) is 11.2 Å². The minimum absolute atomic E-state index is 0.517. The molecule has 1 aliphatic heterocycles. The van der Waals surface area contributed by atoms with Crippen LogP contribution in [0.3, 0.4) is 0 Å². The van der Waals surface area contributed by atoms with E-state index in [0.29, 0.717) is 6.04 Å². The highest BCUT2D eigenvalue weighted by Crippen LogP contribution is 2.22. The highest BCUT2D eigenvalue weighted by molar-refractivity contribution is 5.90. The van der Waals surface area contributed by atoms with Crippen molar-refractivity contribution in [3.05, 3.63) is 30.5 Å². The fourth-order valence-electron chi connectivity index (χ4n) is 2.95. The Hall–Kier alpha value is -1.68. The van der Waals surface area contributed by atoms with E-state index in [-0.39, 0.29) is 0 Å². The Morgan fingerprint density at radius 1 is 1.25 bits per heavy atom. The van der Waals surface area contributed by atoms with Crippen molar-refractivity contribution in [2.75, 3.05) is 25.0 Å². The molecule has 3 rings (SSSR count). The van der Waals surface area contributed by atoms with E-state index in [2.05, 4.69) is 45.5 Å². The molecule has 106 valence electrons. The number of nitrogens with one attached hydrogen (secondary N) is 1. The van der Waals surface area contributed by atoms with Crippen LogP contribution in [0.25, 0.3) is 10.8 Å². The minimum Gasteiger partial charge on any atom is -0.365 e. The van der Waals surface area contributed by atoms with E-state index in [1.165, 1.54) is 44.3 Å². The summed E-state index contributed by atoms with van der Waals surface area (Å²) in [6.45, 7) is 5.84. The molecule has 0 bridgehead atoms. The van der Waals surface area contributed by atoms with Gasteiger partial charge >= 0.3 is 0 Å². The van der Waals surface area contributed by atoms with Crippen LogP contribution in [0.5, 0.6) is 0 Å². The van der Waals surface area contributed by atoms with Gasteiger partial charge in [0.2, 0.25) is 0 Å². The first kappa shape index (κ1) is 13.3. The van der Waals surface area contributed by atoms with Gasteiger partial charge in [0.1, 0.15) is 0 Å². The third kappa shape index (κ3) is 2.90. The van der Waals surface area contributed by atoms with Crippen LogP contribution in [-0.2, 0) is 0 Å². The summed E-state index contributed by atoms with van der Waals surface area (Å²) in [5.74, 6) is 0.928. The number of aromatic nitrogens is 2. The van der Waals surface area contributed by atoms with Crippen LogP contribution in [0, 0.1) is 0 Å². The fourth-order valence-corrected chi connectivity index (χ4v) is 2.95. The molecule has 1 aromatic carbocycles. The Kier molecular flexibility index (Phi) is 4.11. The van der Waals surface area contributed by atoms with E-state index in [1.807, 2.05) is 12.3 Å². The third-order valence-electron chi connectivity index (χ3n) is 4.04. The molecule has 1 aliphatic rings. The molecule has 1 N–H and O–H groups in total. The van der Waals surface area contributed by atoms with Crippen molar-refractivity contribution in [1.29, 1.82) is 0 Å². The standard InChI is InChI=1S/C16H22N4/c1-2-9-20-10-7-14(8-11-20)18-16-15-6-4-3-5-13(15)12-17-19-16/h3-6,12,14H,2,7-11H2,1H3,(H,18,19). The van der Waals surface area contributed by atoms with Gasteiger partial charge < -0.3 is 10.2 Å². The number of hydrogen-bond acceptors (Lipinski definition) is 4. The second-order valence-electron chi connectivity index (χ2n) is 5.54. The molecule has 0 spiro atoms. The number of piperidine rings is 1. The monoisotopic (exact) mass is 270 g/mol. The number of hydrogen-bond donors (Lipinski definition) is 1. The summed E-state index contributed by atoms with van der Waals surface area (Å²) in [4.78, 5) is 2.55. The molecule has 1 fully saturated rings. The third-order valence-corrected chi connectivity index (χ3v) is 4.04. The van der Waals surface area contributed by atoms with E-state index in [1.54, 1.807) is 0 Å². The van der Waals surface area contributed by atoms with Crippen molar-refractivity contribution in [2.24, 2.45) is 0 Å². The number of anilines is 1. The summed E-state index contributed by atoms with van der Waals surface area (Å²) in [5.41, 5.74) is 0. The highest BCUT2D eigenvalue weighted by Gasteiger charge is 2.19. The minimum atomic E-state index is 0.517. The summed E-state index contributed by atoms with van der Waals surface area (Å²) >= 11 is 0. The van der Waals surface area contributed by atoms with Crippen molar-refractivity contribution in [2.45, 2.75) is 32.2 Å².